The van der Waals surface area contributed by atoms with Crippen LogP contribution >= 0.6 is 0 Å². The highest BCUT2D eigenvalue weighted by molar-refractivity contribution is 4.65. The number of hydrogen-bond donors (Lipinski definition) is 1. The Balaban J connectivity index is 3.53. The van der Waals surface area contributed by atoms with E-state index in [9.17, 15) is 0 Å². The molecule has 0 aliphatic carbocycles. The number of ether oxygens (including phenoxy) is 2. The first kappa shape index (κ1) is 14.8. The first-order chi connectivity index (χ1) is 6.85. The molecule has 4 heteroatoms. The molecule has 0 saturated heterocycles. The van der Waals surface area contributed by atoms with Crippen molar-refractivity contribution in [1.29, 1.82) is 0 Å². The maximum Gasteiger partial charge on any atom is 0.0626 e. The number of methoxy groups -OCH3 is 1. The van der Waals surface area contributed by atoms with Crippen molar-refractivity contribution < 1.29 is 9.47 Å². The van der Waals surface area contributed by atoms with E-state index in [4.69, 9.17) is 15.2 Å². The predicted octanol–water partition coefficient (Wildman–Crippen LogP) is 0.707. The zero-order chi connectivity index (χ0) is 11.9. The molecule has 2 N–H and O–H groups in total. The summed E-state index contributed by atoms with van der Waals surface area (Å²) < 4.78 is 10.6. The van der Waals surface area contributed by atoms with Gasteiger partial charge in [0.1, 0.15) is 0 Å². The Bertz CT molecular complexity index is 157. The Kier molecular flexibility index (Phi) is 7.09. The van der Waals surface area contributed by atoms with Crippen LogP contribution in [0.1, 0.15) is 20.8 Å². The van der Waals surface area contributed by atoms with Crippen LogP contribution in [0.5, 0.6) is 0 Å². The van der Waals surface area contributed by atoms with Gasteiger partial charge in [0, 0.05) is 26.2 Å². The minimum Gasteiger partial charge on any atom is -0.383 e. The second-order valence-electron chi connectivity index (χ2n) is 4.94. The molecule has 0 bridgehead atoms. The van der Waals surface area contributed by atoms with E-state index in [0.29, 0.717) is 6.61 Å². The standard InChI is InChI=1S/C11H26N2O2/c1-11(2,3)15-7-6-13(4)8-10(12)9-14-5/h10H,6-9,12H2,1-5H3. The second kappa shape index (κ2) is 7.17. The topological polar surface area (TPSA) is 47.7 Å². The summed E-state index contributed by atoms with van der Waals surface area (Å²) in [6.45, 7) is 9.25. The van der Waals surface area contributed by atoms with E-state index in [1.807, 2.05) is 7.05 Å². The van der Waals surface area contributed by atoms with E-state index < -0.39 is 0 Å². The van der Waals surface area contributed by atoms with Crippen LogP contribution in [-0.2, 0) is 9.47 Å². The van der Waals surface area contributed by atoms with E-state index in [1.165, 1.54) is 0 Å². The maximum atomic E-state index is 5.84. The lowest BCUT2D eigenvalue weighted by atomic mass is 10.2. The molecule has 0 aromatic heterocycles. The van der Waals surface area contributed by atoms with Gasteiger partial charge in [0.25, 0.3) is 0 Å². The second-order valence-corrected chi connectivity index (χ2v) is 4.94. The van der Waals surface area contributed by atoms with E-state index in [1.54, 1.807) is 7.11 Å². The Labute approximate surface area is 93.7 Å². The zero-order valence-electron chi connectivity index (χ0n) is 10.7. The first-order valence-corrected chi connectivity index (χ1v) is 5.42. The van der Waals surface area contributed by atoms with Crippen molar-refractivity contribution in [3.05, 3.63) is 0 Å². The van der Waals surface area contributed by atoms with Gasteiger partial charge in [-0.05, 0) is 27.8 Å². The summed E-state index contributed by atoms with van der Waals surface area (Å²) in [7, 11) is 3.71. The maximum absolute atomic E-state index is 5.84. The van der Waals surface area contributed by atoms with Gasteiger partial charge in [-0.15, -0.1) is 0 Å². The lowest BCUT2D eigenvalue weighted by Gasteiger charge is -2.24. The zero-order valence-corrected chi connectivity index (χ0v) is 10.7. The summed E-state index contributed by atoms with van der Waals surface area (Å²) in [6, 6.07) is 0.0784. The molecule has 0 spiro atoms. The van der Waals surface area contributed by atoms with E-state index in [-0.39, 0.29) is 11.6 Å². The molecular weight excluding hydrogens is 192 g/mol. The summed E-state index contributed by atoms with van der Waals surface area (Å²) in [6.07, 6.45) is 0. The van der Waals surface area contributed by atoms with Crippen molar-refractivity contribution in [2.75, 3.05) is 40.5 Å². The molecule has 0 fully saturated rings. The largest absolute Gasteiger partial charge is 0.383 e. The van der Waals surface area contributed by atoms with Crippen molar-refractivity contribution in [3.8, 4) is 0 Å². The van der Waals surface area contributed by atoms with Crippen LogP contribution in [0.2, 0.25) is 0 Å². The van der Waals surface area contributed by atoms with Gasteiger partial charge in [0.15, 0.2) is 0 Å². The molecule has 0 aliphatic heterocycles. The summed E-state index contributed by atoms with van der Waals surface area (Å²) >= 11 is 0. The molecule has 0 aromatic rings. The van der Waals surface area contributed by atoms with Gasteiger partial charge in [-0.25, -0.2) is 0 Å². The highest BCUT2D eigenvalue weighted by atomic mass is 16.5. The number of nitrogens with two attached hydrogens (primary N) is 1. The minimum absolute atomic E-state index is 0.0600. The van der Waals surface area contributed by atoms with Gasteiger partial charge < -0.3 is 20.1 Å². The van der Waals surface area contributed by atoms with Crippen molar-refractivity contribution in [3.63, 3.8) is 0 Å². The molecule has 4 nitrogen and oxygen atoms in total. The summed E-state index contributed by atoms with van der Waals surface area (Å²) in [5.74, 6) is 0. The average Bonchev–Trinajstić information content (AvgIpc) is 2.01. The number of nitrogens with zero attached hydrogens (tertiary/aromatic N) is 1. The van der Waals surface area contributed by atoms with Gasteiger partial charge in [-0.2, -0.15) is 0 Å². The molecule has 0 aromatic carbocycles. The molecule has 0 amide bonds. The third kappa shape index (κ3) is 10.1. The number of hydrogen-bond acceptors (Lipinski definition) is 4. The normalized spacial score (nSPS) is 14.6. The fourth-order valence-electron chi connectivity index (χ4n) is 1.27. The van der Waals surface area contributed by atoms with Crippen LogP contribution in [0.15, 0.2) is 0 Å². The number of likely N-dealkylation sites (N-methyl/N-ethyl adjacent to an activating group) is 1. The summed E-state index contributed by atoms with van der Waals surface area (Å²) in [5.41, 5.74) is 5.78. The van der Waals surface area contributed by atoms with Gasteiger partial charge in [0.05, 0.1) is 18.8 Å². The third-order valence-electron chi connectivity index (χ3n) is 1.94. The van der Waals surface area contributed by atoms with Crippen LogP contribution in [0.25, 0.3) is 0 Å². The molecule has 0 saturated carbocycles. The van der Waals surface area contributed by atoms with Gasteiger partial charge in [-0.3, -0.25) is 0 Å². The lowest BCUT2D eigenvalue weighted by Crippen LogP contribution is -2.40. The average molecular weight is 218 g/mol. The fraction of sp³-hybridized carbons (Fsp3) is 1.00. The first-order valence-electron chi connectivity index (χ1n) is 5.42. The fourth-order valence-corrected chi connectivity index (χ4v) is 1.27. The van der Waals surface area contributed by atoms with E-state index in [2.05, 4.69) is 25.7 Å². The Hall–Kier alpha value is -0.160. The van der Waals surface area contributed by atoms with Gasteiger partial charge in [-0.1, -0.05) is 0 Å². The predicted molar refractivity (Wildman–Crippen MR) is 63.1 cm³/mol. The molecule has 0 radical (unpaired) electrons. The summed E-state index contributed by atoms with van der Waals surface area (Å²) in [5, 5.41) is 0. The van der Waals surface area contributed by atoms with Crippen LogP contribution in [0.4, 0.5) is 0 Å². The van der Waals surface area contributed by atoms with Crippen LogP contribution in [0.3, 0.4) is 0 Å². The van der Waals surface area contributed by atoms with Crippen LogP contribution < -0.4 is 5.73 Å². The Morgan fingerprint density at radius 2 is 1.93 bits per heavy atom. The van der Waals surface area contributed by atoms with E-state index in [0.717, 1.165) is 19.7 Å². The molecule has 0 rings (SSSR count). The van der Waals surface area contributed by atoms with Crippen molar-refractivity contribution >= 4 is 0 Å². The molecule has 15 heavy (non-hydrogen) atoms. The lowest BCUT2D eigenvalue weighted by molar-refractivity contribution is -0.0116. The van der Waals surface area contributed by atoms with Crippen LogP contribution in [0, 0.1) is 0 Å². The van der Waals surface area contributed by atoms with E-state index >= 15 is 0 Å². The quantitative estimate of drug-likeness (QED) is 0.683. The minimum atomic E-state index is -0.0600. The molecule has 1 atom stereocenters. The van der Waals surface area contributed by atoms with Crippen molar-refractivity contribution in [2.45, 2.75) is 32.4 Å². The number of rotatable bonds is 7. The molecule has 0 heterocycles. The van der Waals surface area contributed by atoms with Crippen molar-refractivity contribution in [1.82, 2.24) is 4.90 Å². The van der Waals surface area contributed by atoms with Gasteiger partial charge >= 0.3 is 0 Å². The Morgan fingerprint density at radius 3 is 2.40 bits per heavy atom. The summed E-state index contributed by atoms with van der Waals surface area (Å²) in [4.78, 5) is 2.16. The van der Waals surface area contributed by atoms with Gasteiger partial charge in [0.2, 0.25) is 0 Å². The van der Waals surface area contributed by atoms with Crippen LogP contribution in [-0.4, -0.2) is 57.0 Å². The third-order valence-corrected chi connectivity index (χ3v) is 1.94. The molecule has 92 valence electrons. The molecule has 1 unspecified atom stereocenters. The Morgan fingerprint density at radius 1 is 1.33 bits per heavy atom. The smallest absolute Gasteiger partial charge is 0.0626 e. The molecular formula is C11H26N2O2. The monoisotopic (exact) mass is 218 g/mol. The molecule has 0 aliphatic rings. The highest BCUT2D eigenvalue weighted by Crippen LogP contribution is 2.05. The SMILES string of the molecule is COCC(N)CN(C)CCOC(C)(C)C. The van der Waals surface area contributed by atoms with Crippen molar-refractivity contribution in [2.24, 2.45) is 5.73 Å². The highest BCUT2D eigenvalue weighted by Gasteiger charge is 2.11.